The Kier molecular flexibility index (Phi) is 14.5. The molecule has 0 heterocycles. The molecule has 21 heavy (non-hydrogen) atoms. The van der Waals surface area contributed by atoms with Crippen LogP contribution in [-0.4, -0.2) is 13.2 Å². The predicted molar refractivity (Wildman–Crippen MR) is 95.7 cm³/mol. The second kappa shape index (κ2) is 15.3. The summed E-state index contributed by atoms with van der Waals surface area (Å²) in [6, 6.07) is 0. The molecule has 0 bridgehead atoms. The van der Waals surface area contributed by atoms with Crippen LogP contribution in [0.3, 0.4) is 0 Å². The quantitative estimate of drug-likeness (QED) is 0.299. The summed E-state index contributed by atoms with van der Waals surface area (Å²) in [5, 5.41) is 0. The molecular formula is C20H34O. The van der Waals surface area contributed by atoms with Crippen molar-refractivity contribution in [2.75, 3.05) is 13.2 Å². The molecular weight excluding hydrogens is 256 g/mol. The van der Waals surface area contributed by atoms with Crippen LogP contribution in [0, 0.1) is 0 Å². The molecule has 1 heteroatoms. The van der Waals surface area contributed by atoms with E-state index in [-0.39, 0.29) is 0 Å². The van der Waals surface area contributed by atoms with Crippen molar-refractivity contribution in [3.8, 4) is 0 Å². The molecule has 1 nitrogen and oxygen atoms in total. The summed E-state index contributed by atoms with van der Waals surface area (Å²) in [6.45, 7) is 10.1. The molecule has 0 radical (unpaired) electrons. The van der Waals surface area contributed by atoms with E-state index in [4.69, 9.17) is 4.74 Å². The maximum Gasteiger partial charge on any atom is 0.0681 e. The Hall–Kier alpha value is -1.08. The van der Waals surface area contributed by atoms with Crippen molar-refractivity contribution in [1.29, 1.82) is 0 Å². The SMILES string of the molecule is CCCCC=CC=C(C)COCC(C)=CC=CCCCC. The van der Waals surface area contributed by atoms with Gasteiger partial charge in [-0.2, -0.15) is 0 Å². The fraction of sp³-hybridized carbons (Fsp3) is 0.600. The van der Waals surface area contributed by atoms with E-state index in [2.05, 4.69) is 64.2 Å². The smallest absolute Gasteiger partial charge is 0.0681 e. The number of allylic oxidation sites excluding steroid dienone is 6. The van der Waals surface area contributed by atoms with E-state index in [1.807, 2.05) is 0 Å². The van der Waals surface area contributed by atoms with E-state index in [0.717, 1.165) is 0 Å². The first-order valence-electron chi connectivity index (χ1n) is 8.43. The zero-order valence-corrected chi connectivity index (χ0v) is 14.5. The lowest BCUT2D eigenvalue weighted by molar-refractivity contribution is 0.180. The molecule has 0 aromatic carbocycles. The van der Waals surface area contributed by atoms with Crippen molar-refractivity contribution >= 4 is 0 Å². The zero-order chi connectivity index (χ0) is 15.8. The fourth-order valence-electron chi connectivity index (χ4n) is 1.77. The topological polar surface area (TPSA) is 9.23 Å². The number of hydrogen-bond donors (Lipinski definition) is 0. The Labute approximate surface area is 132 Å². The molecule has 0 fully saturated rings. The van der Waals surface area contributed by atoms with Crippen LogP contribution < -0.4 is 0 Å². The Balaban J connectivity index is 3.80. The van der Waals surface area contributed by atoms with E-state index >= 15 is 0 Å². The molecule has 0 aliphatic rings. The highest BCUT2D eigenvalue weighted by Gasteiger charge is 1.91. The van der Waals surface area contributed by atoms with Gasteiger partial charge in [0.05, 0.1) is 13.2 Å². The largest absolute Gasteiger partial charge is 0.373 e. The van der Waals surface area contributed by atoms with Crippen LogP contribution in [0.15, 0.2) is 47.6 Å². The molecule has 0 atom stereocenters. The van der Waals surface area contributed by atoms with Crippen LogP contribution in [0.25, 0.3) is 0 Å². The van der Waals surface area contributed by atoms with Crippen LogP contribution in [-0.2, 0) is 4.74 Å². The van der Waals surface area contributed by atoms with Gasteiger partial charge in [-0.15, -0.1) is 0 Å². The average molecular weight is 290 g/mol. The maximum atomic E-state index is 5.71. The van der Waals surface area contributed by atoms with Crippen molar-refractivity contribution in [2.45, 2.75) is 66.2 Å². The summed E-state index contributed by atoms with van der Waals surface area (Å²) in [7, 11) is 0. The summed E-state index contributed by atoms with van der Waals surface area (Å²) in [6.07, 6.45) is 20.5. The second-order valence-corrected chi connectivity index (χ2v) is 5.66. The molecule has 0 aromatic heterocycles. The first-order chi connectivity index (χ1) is 10.2. The summed E-state index contributed by atoms with van der Waals surface area (Å²) in [4.78, 5) is 0. The molecule has 0 aliphatic carbocycles. The third-order valence-electron chi connectivity index (χ3n) is 3.14. The average Bonchev–Trinajstić information content (AvgIpc) is 2.47. The number of rotatable bonds is 12. The van der Waals surface area contributed by atoms with Gasteiger partial charge in [-0.25, -0.2) is 0 Å². The van der Waals surface area contributed by atoms with Gasteiger partial charge in [0.1, 0.15) is 0 Å². The predicted octanol–water partition coefficient (Wildman–Crippen LogP) is 6.39. The molecule has 0 rings (SSSR count). The van der Waals surface area contributed by atoms with E-state index in [9.17, 15) is 0 Å². The van der Waals surface area contributed by atoms with Gasteiger partial charge in [-0.1, -0.05) is 76.0 Å². The summed E-state index contributed by atoms with van der Waals surface area (Å²) < 4.78 is 5.71. The first-order valence-corrected chi connectivity index (χ1v) is 8.43. The maximum absolute atomic E-state index is 5.71. The highest BCUT2D eigenvalue weighted by molar-refractivity contribution is 5.12. The fourth-order valence-corrected chi connectivity index (χ4v) is 1.77. The normalized spacial score (nSPS) is 13.7. The van der Waals surface area contributed by atoms with Gasteiger partial charge in [-0.05, 0) is 37.8 Å². The number of ether oxygens (including phenoxy) is 1. The van der Waals surface area contributed by atoms with Crippen molar-refractivity contribution in [3.63, 3.8) is 0 Å². The molecule has 120 valence electrons. The number of unbranched alkanes of at least 4 members (excludes halogenated alkanes) is 4. The van der Waals surface area contributed by atoms with Gasteiger partial charge in [0, 0.05) is 0 Å². The Morgan fingerprint density at radius 2 is 1.19 bits per heavy atom. The van der Waals surface area contributed by atoms with Gasteiger partial charge in [0.25, 0.3) is 0 Å². The number of hydrogen-bond acceptors (Lipinski definition) is 1. The molecule has 0 saturated heterocycles. The van der Waals surface area contributed by atoms with Gasteiger partial charge in [0.2, 0.25) is 0 Å². The van der Waals surface area contributed by atoms with Crippen LogP contribution >= 0.6 is 0 Å². The summed E-state index contributed by atoms with van der Waals surface area (Å²) in [5.74, 6) is 0. The highest BCUT2D eigenvalue weighted by Crippen LogP contribution is 2.01. The Morgan fingerprint density at radius 1 is 0.762 bits per heavy atom. The van der Waals surface area contributed by atoms with Crippen LogP contribution in [0.4, 0.5) is 0 Å². The van der Waals surface area contributed by atoms with E-state index < -0.39 is 0 Å². The van der Waals surface area contributed by atoms with Gasteiger partial charge < -0.3 is 4.74 Å². The lowest BCUT2D eigenvalue weighted by atomic mass is 10.2. The molecule has 0 saturated carbocycles. The minimum absolute atomic E-state index is 0.711. The van der Waals surface area contributed by atoms with Crippen molar-refractivity contribution < 1.29 is 4.74 Å². The zero-order valence-electron chi connectivity index (χ0n) is 14.5. The van der Waals surface area contributed by atoms with Crippen LogP contribution in [0.5, 0.6) is 0 Å². The van der Waals surface area contributed by atoms with E-state index in [1.165, 1.54) is 49.7 Å². The monoisotopic (exact) mass is 290 g/mol. The standard InChI is InChI=1S/C20H34O/c1-5-7-9-11-13-15-19(3)17-21-18-20(4)16-14-12-10-8-6-2/h11-16H,5-10,17-18H2,1-4H3. The molecule has 0 amide bonds. The highest BCUT2D eigenvalue weighted by atomic mass is 16.5. The summed E-state index contributed by atoms with van der Waals surface area (Å²) in [5.41, 5.74) is 2.54. The second-order valence-electron chi connectivity index (χ2n) is 5.66. The van der Waals surface area contributed by atoms with Crippen LogP contribution in [0.2, 0.25) is 0 Å². The van der Waals surface area contributed by atoms with Crippen molar-refractivity contribution in [1.82, 2.24) is 0 Å². The van der Waals surface area contributed by atoms with Crippen molar-refractivity contribution in [2.24, 2.45) is 0 Å². The molecule has 0 unspecified atom stereocenters. The van der Waals surface area contributed by atoms with Gasteiger partial charge in [-0.3, -0.25) is 0 Å². The van der Waals surface area contributed by atoms with E-state index in [0.29, 0.717) is 13.2 Å². The Bertz CT molecular complexity index is 311. The van der Waals surface area contributed by atoms with E-state index in [1.54, 1.807) is 0 Å². The van der Waals surface area contributed by atoms with Gasteiger partial charge in [0.15, 0.2) is 0 Å². The third-order valence-corrected chi connectivity index (χ3v) is 3.14. The first kappa shape index (κ1) is 19.9. The lowest BCUT2D eigenvalue weighted by Crippen LogP contribution is -1.98. The van der Waals surface area contributed by atoms with Crippen molar-refractivity contribution in [3.05, 3.63) is 47.6 Å². The van der Waals surface area contributed by atoms with Crippen LogP contribution in [0.1, 0.15) is 66.2 Å². The third kappa shape index (κ3) is 15.1. The summed E-state index contributed by atoms with van der Waals surface area (Å²) >= 11 is 0. The Morgan fingerprint density at radius 3 is 1.57 bits per heavy atom. The molecule has 0 aliphatic heterocycles. The minimum Gasteiger partial charge on any atom is -0.373 e. The lowest BCUT2D eigenvalue weighted by Gasteiger charge is -2.04. The molecule has 0 N–H and O–H groups in total. The minimum atomic E-state index is 0.711. The molecule has 0 aromatic rings. The molecule has 0 spiro atoms. The van der Waals surface area contributed by atoms with Gasteiger partial charge >= 0.3 is 0 Å².